The smallest absolute Gasteiger partial charge is 0.330 e. The van der Waals surface area contributed by atoms with E-state index in [4.69, 9.17) is 14.2 Å². The zero-order chi connectivity index (χ0) is 29.0. The van der Waals surface area contributed by atoms with E-state index in [-0.39, 0.29) is 29.3 Å². The average molecular weight is 550 g/mol. The number of esters is 1. The molecule has 1 aliphatic heterocycles. The zero-order valence-electron chi connectivity index (χ0n) is 24.6. The normalized spacial score (nSPS) is 24.6. The second-order valence-corrected chi connectivity index (χ2v) is 12.0. The van der Waals surface area contributed by atoms with Crippen molar-refractivity contribution in [1.29, 1.82) is 0 Å². The molecule has 2 unspecified atom stereocenters. The Hall–Kier alpha value is -3.35. The summed E-state index contributed by atoms with van der Waals surface area (Å²) >= 11 is 0. The van der Waals surface area contributed by atoms with E-state index in [2.05, 4.69) is 20.8 Å². The maximum Gasteiger partial charge on any atom is 0.330 e. The molecular weight excluding hydrogens is 506 g/mol. The van der Waals surface area contributed by atoms with Crippen molar-refractivity contribution in [1.82, 2.24) is 4.90 Å². The van der Waals surface area contributed by atoms with Gasteiger partial charge in [-0.2, -0.15) is 0 Å². The molecule has 0 aromatic heterocycles. The summed E-state index contributed by atoms with van der Waals surface area (Å²) in [5.74, 6) is -0.110. The molecule has 1 saturated carbocycles. The molecule has 40 heavy (non-hydrogen) atoms. The standard InChI is InChI=1S/C33H43NO6/c1-21(2)33(4)17-7-8-28(20-33)40-32(37)30-29(22(3)35)31(36)34(30)25(18-23-9-13-26(38-5)14-10-23)19-24-11-15-27(39-6)16-12-24/h9-16,21,25,28-30H,7-8,17-20H2,1-6H3/t28?,29-,30+,33?/m1/s1. The largest absolute Gasteiger partial charge is 0.497 e. The van der Waals surface area contributed by atoms with Crippen LogP contribution in [-0.2, 0) is 32.0 Å². The number of benzene rings is 2. The van der Waals surface area contributed by atoms with E-state index in [1.54, 1.807) is 19.1 Å². The summed E-state index contributed by atoms with van der Waals surface area (Å²) in [5.41, 5.74) is 2.11. The highest BCUT2D eigenvalue weighted by molar-refractivity contribution is 6.11. The number of carbonyl (C=O) groups is 3. The molecule has 0 N–H and O–H groups in total. The number of amides is 1. The number of β-lactam (4-membered cyclic amide) rings is 1. The van der Waals surface area contributed by atoms with Crippen molar-refractivity contribution < 1.29 is 28.6 Å². The minimum Gasteiger partial charge on any atom is -0.497 e. The van der Waals surface area contributed by atoms with Gasteiger partial charge in [0.2, 0.25) is 5.91 Å². The maximum absolute atomic E-state index is 13.7. The molecule has 0 radical (unpaired) electrons. The Bertz CT molecular complexity index is 1140. The lowest BCUT2D eigenvalue weighted by atomic mass is 9.67. The minimum absolute atomic E-state index is 0.101. The van der Waals surface area contributed by atoms with Crippen molar-refractivity contribution in [3.05, 3.63) is 59.7 Å². The van der Waals surface area contributed by atoms with Gasteiger partial charge < -0.3 is 19.1 Å². The van der Waals surface area contributed by atoms with Crippen molar-refractivity contribution in [2.24, 2.45) is 17.3 Å². The topological polar surface area (TPSA) is 82.1 Å². The van der Waals surface area contributed by atoms with Crippen LogP contribution >= 0.6 is 0 Å². The molecule has 4 atom stereocenters. The van der Waals surface area contributed by atoms with Crippen molar-refractivity contribution in [3.63, 3.8) is 0 Å². The van der Waals surface area contributed by atoms with Crippen LogP contribution in [0.3, 0.4) is 0 Å². The van der Waals surface area contributed by atoms with Gasteiger partial charge in [-0.1, -0.05) is 45.0 Å². The van der Waals surface area contributed by atoms with Gasteiger partial charge in [0.05, 0.1) is 14.2 Å². The molecule has 0 spiro atoms. The summed E-state index contributed by atoms with van der Waals surface area (Å²) in [6, 6.07) is 14.2. The Kier molecular flexibility index (Phi) is 9.22. The lowest BCUT2D eigenvalue weighted by Crippen LogP contribution is -2.70. The fraction of sp³-hybridized carbons (Fsp3) is 0.545. The van der Waals surface area contributed by atoms with E-state index >= 15 is 0 Å². The predicted octanol–water partition coefficient (Wildman–Crippen LogP) is 5.42. The molecule has 0 bridgehead atoms. The number of rotatable bonds is 11. The van der Waals surface area contributed by atoms with E-state index in [1.807, 2.05) is 48.5 Å². The Morgan fingerprint density at radius 3 is 1.93 bits per heavy atom. The quantitative estimate of drug-likeness (QED) is 0.211. The van der Waals surface area contributed by atoms with Gasteiger partial charge >= 0.3 is 5.97 Å². The van der Waals surface area contributed by atoms with Gasteiger partial charge in [-0.15, -0.1) is 0 Å². The highest BCUT2D eigenvalue weighted by atomic mass is 16.5. The van der Waals surface area contributed by atoms with E-state index in [1.165, 1.54) is 6.92 Å². The molecule has 2 aliphatic rings. The van der Waals surface area contributed by atoms with Gasteiger partial charge in [0.25, 0.3) is 0 Å². The summed E-state index contributed by atoms with van der Waals surface area (Å²) in [7, 11) is 3.24. The average Bonchev–Trinajstić information content (AvgIpc) is 2.92. The fourth-order valence-corrected chi connectivity index (χ4v) is 6.22. The van der Waals surface area contributed by atoms with Crippen LogP contribution in [-0.4, -0.2) is 55.0 Å². The number of Topliss-reactive ketones (excluding diaryl/α,β-unsaturated/α-hetero) is 1. The number of carbonyl (C=O) groups excluding carboxylic acids is 3. The van der Waals surface area contributed by atoms with Crippen LogP contribution in [0.1, 0.15) is 64.5 Å². The number of ether oxygens (including phenoxy) is 3. The first-order chi connectivity index (χ1) is 19.1. The SMILES string of the molecule is COc1ccc(CC(Cc2ccc(OC)cc2)N2C(=O)[C@H](C(C)=O)[C@H]2C(=O)OC2CCCC(C)(C(C)C)C2)cc1. The van der Waals surface area contributed by atoms with E-state index < -0.39 is 17.9 Å². The Labute approximate surface area is 238 Å². The number of likely N-dealkylation sites (tertiary alicyclic amines) is 1. The highest BCUT2D eigenvalue weighted by Gasteiger charge is 2.57. The number of nitrogens with zero attached hydrogens (tertiary/aromatic N) is 1. The third-order valence-electron chi connectivity index (χ3n) is 9.11. The monoisotopic (exact) mass is 549 g/mol. The van der Waals surface area contributed by atoms with Gasteiger partial charge in [0.15, 0.2) is 0 Å². The first kappa shape index (κ1) is 29.6. The Balaban J connectivity index is 1.60. The van der Waals surface area contributed by atoms with Gasteiger partial charge in [0, 0.05) is 6.04 Å². The summed E-state index contributed by atoms with van der Waals surface area (Å²) in [5, 5.41) is 0. The molecule has 2 aromatic carbocycles. The predicted molar refractivity (Wildman–Crippen MR) is 153 cm³/mol. The molecule has 4 rings (SSSR count). The molecule has 2 aromatic rings. The van der Waals surface area contributed by atoms with Crippen molar-refractivity contribution in [3.8, 4) is 11.5 Å². The Morgan fingerprint density at radius 2 is 1.48 bits per heavy atom. The first-order valence-electron chi connectivity index (χ1n) is 14.3. The number of hydrogen-bond acceptors (Lipinski definition) is 6. The van der Waals surface area contributed by atoms with E-state index in [0.717, 1.165) is 48.3 Å². The lowest BCUT2D eigenvalue weighted by Gasteiger charge is -2.49. The lowest BCUT2D eigenvalue weighted by molar-refractivity contribution is -0.185. The van der Waals surface area contributed by atoms with Crippen LogP contribution in [0.15, 0.2) is 48.5 Å². The van der Waals surface area contributed by atoms with Gasteiger partial charge in [-0.25, -0.2) is 4.79 Å². The van der Waals surface area contributed by atoms with Crippen LogP contribution in [0, 0.1) is 17.3 Å². The van der Waals surface area contributed by atoms with Crippen LogP contribution in [0.5, 0.6) is 11.5 Å². The number of ketones is 1. The summed E-state index contributed by atoms with van der Waals surface area (Å²) in [6.45, 7) is 8.07. The van der Waals surface area contributed by atoms with Crippen LogP contribution in [0.25, 0.3) is 0 Å². The van der Waals surface area contributed by atoms with Crippen molar-refractivity contribution in [2.75, 3.05) is 14.2 Å². The second kappa shape index (κ2) is 12.4. The summed E-state index contributed by atoms with van der Waals surface area (Å²) in [4.78, 5) is 41.4. The molecular formula is C33H43NO6. The molecule has 1 heterocycles. The third-order valence-corrected chi connectivity index (χ3v) is 9.11. The molecule has 7 heteroatoms. The third kappa shape index (κ3) is 6.34. The number of hydrogen-bond donors (Lipinski definition) is 0. The van der Waals surface area contributed by atoms with Crippen LogP contribution < -0.4 is 9.47 Å². The molecule has 216 valence electrons. The van der Waals surface area contributed by atoms with Gasteiger partial charge in [0.1, 0.15) is 35.3 Å². The van der Waals surface area contributed by atoms with E-state index in [0.29, 0.717) is 18.8 Å². The second-order valence-electron chi connectivity index (χ2n) is 12.0. The molecule has 1 amide bonds. The van der Waals surface area contributed by atoms with Crippen LogP contribution in [0.4, 0.5) is 0 Å². The summed E-state index contributed by atoms with van der Waals surface area (Å²) < 4.78 is 16.7. The number of methoxy groups -OCH3 is 2. The van der Waals surface area contributed by atoms with Gasteiger partial charge in [-0.3, -0.25) is 9.59 Å². The first-order valence-corrected chi connectivity index (χ1v) is 14.3. The maximum atomic E-state index is 13.7. The van der Waals surface area contributed by atoms with Gasteiger partial charge in [-0.05, 0) is 92.2 Å². The van der Waals surface area contributed by atoms with Crippen molar-refractivity contribution >= 4 is 17.7 Å². The molecule has 1 saturated heterocycles. The minimum atomic E-state index is -0.998. The molecule has 1 aliphatic carbocycles. The molecule has 7 nitrogen and oxygen atoms in total. The van der Waals surface area contributed by atoms with Crippen molar-refractivity contribution in [2.45, 2.75) is 84.4 Å². The zero-order valence-corrected chi connectivity index (χ0v) is 24.6. The summed E-state index contributed by atoms with van der Waals surface area (Å²) in [6.07, 6.45) is 4.53. The van der Waals surface area contributed by atoms with E-state index in [9.17, 15) is 14.4 Å². The van der Waals surface area contributed by atoms with Crippen LogP contribution in [0.2, 0.25) is 0 Å². The fourth-order valence-electron chi connectivity index (χ4n) is 6.22. The highest BCUT2D eigenvalue weighted by Crippen LogP contribution is 2.43. The molecule has 2 fully saturated rings. The Morgan fingerprint density at radius 1 is 0.950 bits per heavy atom.